The summed E-state index contributed by atoms with van der Waals surface area (Å²) < 4.78 is 5.39. The molecular formula is C14H28N2O2. The second kappa shape index (κ2) is 7.43. The van der Waals surface area contributed by atoms with Gasteiger partial charge in [0.25, 0.3) is 0 Å². The highest BCUT2D eigenvalue weighted by atomic mass is 16.5. The molecule has 0 spiro atoms. The van der Waals surface area contributed by atoms with Crippen LogP contribution in [-0.2, 0) is 4.74 Å². The number of rotatable bonds is 5. The van der Waals surface area contributed by atoms with Crippen molar-refractivity contribution in [3.05, 3.63) is 0 Å². The van der Waals surface area contributed by atoms with Crippen molar-refractivity contribution in [2.24, 2.45) is 5.92 Å². The molecule has 18 heavy (non-hydrogen) atoms. The lowest BCUT2D eigenvalue weighted by Crippen LogP contribution is -2.46. The number of piperidine rings is 1. The summed E-state index contributed by atoms with van der Waals surface area (Å²) in [4.78, 5) is 4.98. The number of ether oxygens (including phenoxy) is 1. The van der Waals surface area contributed by atoms with Crippen LogP contribution in [-0.4, -0.2) is 73.5 Å². The van der Waals surface area contributed by atoms with E-state index in [2.05, 4.69) is 16.7 Å². The molecule has 2 unspecified atom stereocenters. The van der Waals surface area contributed by atoms with E-state index in [1.165, 1.54) is 19.4 Å². The first-order valence-electron chi connectivity index (χ1n) is 7.48. The van der Waals surface area contributed by atoms with Crippen molar-refractivity contribution in [2.75, 3.05) is 52.5 Å². The quantitative estimate of drug-likeness (QED) is 0.789. The van der Waals surface area contributed by atoms with Crippen molar-refractivity contribution in [3.63, 3.8) is 0 Å². The summed E-state index contributed by atoms with van der Waals surface area (Å²) in [5, 5.41) is 9.75. The topological polar surface area (TPSA) is 35.9 Å². The Labute approximate surface area is 111 Å². The third-order valence-corrected chi connectivity index (χ3v) is 4.16. The van der Waals surface area contributed by atoms with Gasteiger partial charge < -0.3 is 14.7 Å². The predicted molar refractivity (Wildman–Crippen MR) is 72.7 cm³/mol. The largest absolute Gasteiger partial charge is 0.392 e. The lowest BCUT2D eigenvalue weighted by atomic mass is 9.97. The van der Waals surface area contributed by atoms with Crippen LogP contribution in [0.5, 0.6) is 0 Å². The maximum Gasteiger partial charge on any atom is 0.0664 e. The smallest absolute Gasteiger partial charge is 0.0664 e. The van der Waals surface area contributed by atoms with Gasteiger partial charge in [0, 0.05) is 32.7 Å². The van der Waals surface area contributed by atoms with E-state index in [4.69, 9.17) is 4.74 Å². The molecule has 2 aliphatic rings. The number of aliphatic hydroxyl groups is 1. The molecule has 0 aromatic rings. The summed E-state index contributed by atoms with van der Waals surface area (Å²) in [6, 6.07) is 0. The van der Waals surface area contributed by atoms with Crippen LogP contribution in [0, 0.1) is 5.92 Å². The molecule has 0 aliphatic carbocycles. The second-order valence-electron chi connectivity index (χ2n) is 5.74. The number of likely N-dealkylation sites (tertiary alicyclic amines) is 1. The summed E-state index contributed by atoms with van der Waals surface area (Å²) >= 11 is 0. The Morgan fingerprint density at radius 2 is 2.00 bits per heavy atom. The predicted octanol–water partition coefficient (Wildman–Crippen LogP) is 0.802. The first-order chi connectivity index (χ1) is 8.78. The van der Waals surface area contributed by atoms with Crippen LogP contribution < -0.4 is 0 Å². The third kappa shape index (κ3) is 4.50. The fourth-order valence-corrected chi connectivity index (χ4v) is 3.04. The summed E-state index contributed by atoms with van der Waals surface area (Å²) in [6.07, 6.45) is 3.35. The van der Waals surface area contributed by atoms with Crippen molar-refractivity contribution in [1.29, 1.82) is 0 Å². The molecule has 0 aromatic heterocycles. The molecule has 2 atom stereocenters. The maximum atomic E-state index is 9.75. The van der Waals surface area contributed by atoms with Crippen molar-refractivity contribution in [1.82, 2.24) is 9.80 Å². The Morgan fingerprint density at radius 3 is 2.72 bits per heavy atom. The molecule has 1 N–H and O–H groups in total. The molecule has 2 aliphatic heterocycles. The average Bonchev–Trinajstić information content (AvgIpc) is 2.40. The molecule has 2 rings (SSSR count). The Balaban J connectivity index is 1.72. The molecule has 0 saturated carbocycles. The van der Waals surface area contributed by atoms with Crippen LogP contribution in [0.1, 0.15) is 26.2 Å². The van der Waals surface area contributed by atoms with E-state index in [-0.39, 0.29) is 6.10 Å². The van der Waals surface area contributed by atoms with E-state index in [1.54, 1.807) is 0 Å². The highest BCUT2D eigenvalue weighted by Gasteiger charge is 2.23. The van der Waals surface area contributed by atoms with Gasteiger partial charge in [-0.25, -0.2) is 0 Å². The molecule has 106 valence electrons. The van der Waals surface area contributed by atoms with Crippen molar-refractivity contribution in [3.8, 4) is 0 Å². The molecule has 4 nitrogen and oxygen atoms in total. The van der Waals surface area contributed by atoms with Gasteiger partial charge in [0.15, 0.2) is 0 Å². The number of nitrogens with zero attached hydrogens (tertiary/aromatic N) is 2. The maximum absolute atomic E-state index is 9.75. The van der Waals surface area contributed by atoms with Crippen LogP contribution in [0.2, 0.25) is 0 Å². The van der Waals surface area contributed by atoms with Crippen molar-refractivity contribution < 1.29 is 9.84 Å². The van der Waals surface area contributed by atoms with E-state index >= 15 is 0 Å². The van der Waals surface area contributed by atoms with Gasteiger partial charge in [-0.15, -0.1) is 0 Å². The van der Waals surface area contributed by atoms with E-state index in [0.29, 0.717) is 0 Å². The molecule has 0 amide bonds. The molecular weight excluding hydrogens is 228 g/mol. The van der Waals surface area contributed by atoms with Gasteiger partial charge in [-0.1, -0.05) is 6.92 Å². The lowest BCUT2D eigenvalue weighted by Gasteiger charge is -2.37. The number of β-amino-alcohol motifs (C(OH)–C–C–N with tert-alkyl or cyclic N) is 1. The molecule has 2 heterocycles. The SMILES string of the molecule is CCC(O)CN1CCCC(CN2CCOCC2)C1. The van der Waals surface area contributed by atoms with Gasteiger partial charge in [-0.3, -0.25) is 4.90 Å². The third-order valence-electron chi connectivity index (χ3n) is 4.16. The summed E-state index contributed by atoms with van der Waals surface area (Å²) in [7, 11) is 0. The van der Waals surface area contributed by atoms with Gasteiger partial charge in [0.05, 0.1) is 19.3 Å². The molecule has 4 heteroatoms. The van der Waals surface area contributed by atoms with E-state index in [1.807, 2.05) is 0 Å². The molecule has 0 bridgehead atoms. The van der Waals surface area contributed by atoms with E-state index in [0.717, 1.165) is 58.3 Å². The molecule has 0 aromatic carbocycles. The minimum Gasteiger partial charge on any atom is -0.392 e. The van der Waals surface area contributed by atoms with E-state index in [9.17, 15) is 5.11 Å². The van der Waals surface area contributed by atoms with Crippen LogP contribution in [0.15, 0.2) is 0 Å². The highest BCUT2D eigenvalue weighted by Crippen LogP contribution is 2.18. The molecule has 2 fully saturated rings. The number of hydrogen-bond donors (Lipinski definition) is 1. The zero-order chi connectivity index (χ0) is 12.8. The monoisotopic (exact) mass is 256 g/mol. The number of aliphatic hydroxyl groups excluding tert-OH is 1. The number of hydrogen-bond acceptors (Lipinski definition) is 4. The lowest BCUT2D eigenvalue weighted by molar-refractivity contribution is 0.0187. The normalized spacial score (nSPS) is 29.3. The Hall–Kier alpha value is -0.160. The zero-order valence-electron chi connectivity index (χ0n) is 11.7. The Bertz CT molecular complexity index is 232. The molecule has 0 radical (unpaired) electrons. The summed E-state index contributed by atoms with van der Waals surface area (Å²) in [5.74, 6) is 0.779. The Morgan fingerprint density at radius 1 is 1.22 bits per heavy atom. The van der Waals surface area contributed by atoms with Gasteiger partial charge in [-0.05, 0) is 31.7 Å². The van der Waals surface area contributed by atoms with Crippen LogP contribution >= 0.6 is 0 Å². The Kier molecular flexibility index (Phi) is 5.89. The van der Waals surface area contributed by atoms with Crippen molar-refractivity contribution in [2.45, 2.75) is 32.3 Å². The van der Waals surface area contributed by atoms with Gasteiger partial charge >= 0.3 is 0 Å². The first kappa shape index (κ1) is 14.3. The minimum atomic E-state index is -0.146. The first-order valence-corrected chi connectivity index (χ1v) is 7.48. The standard InChI is InChI=1S/C14H28N2O2/c1-2-14(17)12-16-5-3-4-13(11-16)10-15-6-8-18-9-7-15/h13-14,17H,2-12H2,1H3. The fourth-order valence-electron chi connectivity index (χ4n) is 3.04. The second-order valence-corrected chi connectivity index (χ2v) is 5.74. The molecule has 2 saturated heterocycles. The zero-order valence-corrected chi connectivity index (χ0v) is 11.7. The van der Waals surface area contributed by atoms with Crippen molar-refractivity contribution >= 4 is 0 Å². The fraction of sp³-hybridized carbons (Fsp3) is 1.00. The van der Waals surface area contributed by atoms with Crippen LogP contribution in [0.25, 0.3) is 0 Å². The summed E-state index contributed by atoms with van der Waals surface area (Å²) in [6.45, 7) is 10.4. The van der Waals surface area contributed by atoms with Crippen LogP contribution in [0.3, 0.4) is 0 Å². The van der Waals surface area contributed by atoms with Gasteiger partial charge in [0.1, 0.15) is 0 Å². The van der Waals surface area contributed by atoms with Gasteiger partial charge in [-0.2, -0.15) is 0 Å². The number of morpholine rings is 1. The minimum absolute atomic E-state index is 0.146. The van der Waals surface area contributed by atoms with Crippen LogP contribution in [0.4, 0.5) is 0 Å². The average molecular weight is 256 g/mol. The summed E-state index contributed by atoms with van der Waals surface area (Å²) in [5.41, 5.74) is 0. The van der Waals surface area contributed by atoms with Gasteiger partial charge in [0.2, 0.25) is 0 Å². The van der Waals surface area contributed by atoms with E-state index < -0.39 is 0 Å². The highest BCUT2D eigenvalue weighted by molar-refractivity contribution is 4.78.